The summed E-state index contributed by atoms with van der Waals surface area (Å²) in [6.07, 6.45) is 1.37. The minimum absolute atomic E-state index is 0.176. The zero-order chi connectivity index (χ0) is 15.6. The molecular weight excluding hydrogens is 303 g/mol. The number of aromatic nitrogens is 1. The van der Waals surface area contributed by atoms with Crippen LogP contribution in [0.25, 0.3) is 0 Å². The maximum Gasteiger partial charge on any atom is 0.194 e. The zero-order valence-electron chi connectivity index (χ0n) is 11.1. The summed E-state index contributed by atoms with van der Waals surface area (Å²) in [5.74, 6) is -3.86. The van der Waals surface area contributed by atoms with Crippen molar-refractivity contribution in [3.05, 3.63) is 58.0 Å². The Kier molecular flexibility index (Phi) is 4.69. The molecule has 7 heteroatoms. The van der Waals surface area contributed by atoms with Crippen LogP contribution in [0.4, 0.5) is 19.0 Å². The van der Waals surface area contributed by atoms with Crippen molar-refractivity contribution < 1.29 is 13.2 Å². The van der Waals surface area contributed by atoms with Crippen LogP contribution in [0.2, 0.25) is 5.02 Å². The Hall–Kier alpha value is -1.79. The standard InChI is InChI=1S/C14H13ClF3N3/c1-2-20-13(9-5-8(15)6-21-14(9)19)7-3-10(16)12(18)11(17)4-7/h3-6,13,20H,2H2,1H3,(H2,19,21). The maximum absolute atomic E-state index is 13.4. The molecule has 0 aliphatic rings. The number of nitrogens with two attached hydrogens (primary N) is 1. The van der Waals surface area contributed by atoms with Crippen molar-refractivity contribution >= 4 is 17.4 Å². The summed E-state index contributed by atoms with van der Waals surface area (Å²) in [6, 6.07) is 2.75. The third-order valence-corrected chi connectivity index (χ3v) is 3.18. The van der Waals surface area contributed by atoms with Crippen molar-refractivity contribution in [3.8, 4) is 0 Å². The Balaban J connectivity index is 2.56. The van der Waals surface area contributed by atoms with E-state index in [0.29, 0.717) is 17.1 Å². The quantitative estimate of drug-likeness (QED) is 0.850. The van der Waals surface area contributed by atoms with Gasteiger partial charge in [-0.1, -0.05) is 18.5 Å². The normalized spacial score (nSPS) is 12.4. The largest absolute Gasteiger partial charge is 0.383 e. The fourth-order valence-corrected chi connectivity index (χ4v) is 2.22. The summed E-state index contributed by atoms with van der Waals surface area (Å²) in [7, 11) is 0. The highest BCUT2D eigenvalue weighted by atomic mass is 35.5. The second-order valence-corrected chi connectivity index (χ2v) is 4.85. The number of halogens is 4. The second kappa shape index (κ2) is 6.32. The van der Waals surface area contributed by atoms with Gasteiger partial charge in [0.25, 0.3) is 0 Å². The summed E-state index contributed by atoms with van der Waals surface area (Å²) in [4.78, 5) is 3.91. The summed E-state index contributed by atoms with van der Waals surface area (Å²) >= 11 is 5.88. The van der Waals surface area contributed by atoms with E-state index < -0.39 is 23.5 Å². The number of benzene rings is 1. The predicted molar refractivity (Wildman–Crippen MR) is 75.5 cm³/mol. The third-order valence-electron chi connectivity index (χ3n) is 2.97. The van der Waals surface area contributed by atoms with E-state index in [2.05, 4.69) is 10.3 Å². The van der Waals surface area contributed by atoms with Gasteiger partial charge in [0.1, 0.15) is 5.82 Å². The summed E-state index contributed by atoms with van der Waals surface area (Å²) < 4.78 is 39.9. The molecule has 21 heavy (non-hydrogen) atoms. The van der Waals surface area contributed by atoms with Crippen LogP contribution in [-0.4, -0.2) is 11.5 Å². The summed E-state index contributed by atoms with van der Waals surface area (Å²) in [6.45, 7) is 2.31. The molecule has 2 aromatic rings. The molecule has 0 bridgehead atoms. The SMILES string of the molecule is CCNC(c1cc(F)c(F)c(F)c1)c1cc(Cl)cnc1N. The molecule has 0 aliphatic heterocycles. The van der Waals surface area contributed by atoms with Crippen molar-refractivity contribution in [3.63, 3.8) is 0 Å². The predicted octanol–water partition coefficient (Wildman–Crippen LogP) is 3.43. The van der Waals surface area contributed by atoms with Crippen LogP contribution >= 0.6 is 11.6 Å². The molecule has 0 radical (unpaired) electrons. The maximum atomic E-state index is 13.4. The first kappa shape index (κ1) is 15.6. The number of hydrogen-bond acceptors (Lipinski definition) is 3. The average Bonchev–Trinajstić information content (AvgIpc) is 2.44. The molecular formula is C14H13ClF3N3. The second-order valence-electron chi connectivity index (χ2n) is 4.42. The van der Waals surface area contributed by atoms with Crippen molar-refractivity contribution in [2.75, 3.05) is 12.3 Å². The van der Waals surface area contributed by atoms with Gasteiger partial charge in [-0.2, -0.15) is 0 Å². The fraction of sp³-hybridized carbons (Fsp3) is 0.214. The van der Waals surface area contributed by atoms with E-state index in [1.807, 2.05) is 6.92 Å². The number of nitrogens with zero attached hydrogens (tertiary/aromatic N) is 1. The zero-order valence-corrected chi connectivity index (χ0v) is 11.9. The lowest BCUT2D eigenvalue weighted by atomic mass is 9.98. The van der Waals surface area contributed by atoms with Gasteiger partial charge < -0.3 is 11.1 Å². The molecule has 1 heterocycles. The Morgan fingerprint density at radius 3 is 2.43 bits per heavy atom. The molecule has 1 atom stereocenters. The van der Waals surface area contributed by atoms with Crippen molar-refractivity contribution in [2.45, 2.75) is 13.0 Å². The van der Waals surface area contributed by atoms with Crippen LogP contribution in [-0.2, 0) is 0 Å². The molecule has 3 N–H and O–H groups in total. The van der Waals surface area contributed by atoms with E-state index in [1.54, 1.807) is 6.07 Å². The van der Waals surface area contributed by atoms with Gasteiger partial charge in [-0.05, 0) is 30.3 Å². The monoisotopic (exact) mass is 315 g/mol. The first-order chi connectivity index (χ1) is 9.93. The molecule has 3 nitrogen and oxygen atoms in total. The third kappa shape index (κ3) is 3.28. The number of rotatable bonds is 4. The van der Waals surface area contributed by atoms with Gasteiger partial charge in [0.05, 0.1) is 11.1 Å². The lowest BCUT2D eigenvalue weighted by Crippen LogP contribution is -2.24. The van der Waals surface area contributed by atoms with Crippen LogP contribution in [0.1, 0.15) is 24.1 Å². The van der Waals surface area contributed by atoms with Gasteiger partial charge in [0.15, 0.2) is 17.5 Å². The van der Waals surface area contributed by atoms with E-state index in [1.165, 1.54) is 6.20 Å². The molecule has 2 rings (SSSR count). The van der Waals surface area contributed by atoms with Gasteiger partial charge in [-0.15, -0.1) is 0 Å². The number of nitrogen functional groups attached to an aromatic ring is 1. The van der Waals surface area contributed by atoms with Gasteiger partial charge in [0.2, 0.25) is 0 Å². The molecule has 0 fully saturated rings. The van der Waals surface area contributed by atoms with Gasteiger partial charge in [0, 0.05) is 11.8 Å². The van der Waals surface area contributed by atoms with Crippen LogP contribution in [0.3, 0.4) is 0 Å². The highest BCUT2D eigenvalue weighted by molar-refractivity contribution is 6.30. The topological polar surface area (TPSA) is 50.9 Å². The summed E-state index contributed by atoms with van der Waals surface area (Å²) in [5, 5.41) is 3.36. The van der Waals surface area contributed by atoms with Crippen molar-refractivity contribution in [1.29, 1.82) is 0 Å². The minimum atomic E-state index is -1.51. The van der Waals surface area contributed by atoms with Crippen LogP contribution in [0.5, 0.6) is 0 Å². The molecule has 0 amide bonds. The highest BCUT2D eigenvalue weighted by Crippen LogP contribution is 2.29. The Morgan fingerprint density at radius 2 is 1.86 bits per heavy atom. The Labute approximate surface area is 124 Å². The van der Waals surface area contributed by atoms with Gasteiger partial charge in [-0.25, -0.2) is 18.2 Å². The Morgan fingerprint density at radius 1 is 1.24 bits per heavy atom. The number of anilines is 1. The summed E-state index contributed by atoms with van der Waals surface area (Å²) in [5.41, 5.74) is 6.46. The van der Waals surface area contributed by atoms with Crippen molar-refractivity contribution in [1.82, 2.24) is 10.3 Å². The molecule has 1 aromatic heterocycles. The van der Waals surface area contributed by atoms with Gasteiger partial charge >= 0.3 is 0 Å². The van der Waals surface area contributed by atoms with E-state index in [9.17, 15) is 13.2 Å². The van der Waals surface area contributed by atoms with E-state index >= 15 is 0 Å². The molecule has 0 saturated carbocycles. The Bertz CT molecular complexity index is 641. The van der Waals surface area contributed by atoms with Crippen LogP contribution in [0.15, 0.2) is 24.4 Å². The molecule has 112 valence electrons. The molecule has 0 spiro atoms. The molecule has 1 unspecified atom stereocenters. The number of hydrogen-bond donors (Lipinski definition) is 2. The van der Waals surface area contributed by atoms with Crippen molar-refractivity contribution in [2.24, 2.45) is 0 Å². The average molecular weight is 316 g/mol. The van der Waals surface area contributed by atoms with Crippen LogP contribution in [0, 0.1) is 17.5 Å². The first-order valence-corrected chi connectivity index (χ1v) is 6.60. The highest BCUT2D eigenvalue weighted by Gasteiger charge is 2.21. The molecule has 1 aromatic carbocycles. The van der Waals surface area contributed by atoms with E-state index in [0.717, 1.165) is 12.1 Å². The first-order valence-electron chi connectivity index (χ1n) is 6.22. The van der Waals surface area contributed by atoms with E-state index in [4.69, 9.17) is 17.3 Å². The lowest BCUT2D eigenvalue weighted by molar-refractivity contribution is 0.442. The number of pyridine rings is 1. The minimum Gasteiger partial charge on any atom is -0.383 e. The molecule has 0 aliphatic carbocycles. The number of nitrogens with one attached hydrogen (secondary N) is 1. The van der Waals surface area contributed by atoms with Gasteiger partial charge in [-0.3, -0.25) is 0 Å². The van der Waals surface area contributed by atoms with E-state index in [-0.39, 0.29) is 11.4 Å². The van der Waals surface area contributed by atoms with Crippen LogP contribution < -0.4 is 11.1 Å². The smallest absolute Gasteiger partial charge is 0.194 e. The fourth-order valence-electron chi connectivity index (χ4n) is 2.05. The molecule has 0 saturated heterocycles. The lowest BCUT2D eigenvalue weighted by Gasteiger charge is -2.20.